The van der Waals surface area contributed by atoms with Gasteiger partial charge < -0.3 is 5.73 Å². The zero-order chi connectivity index (χ0) is 18.6. The Balaban J connectivity index is 1.53. The summed E-state index contributed by atoms with van der Waals surface area (Å²) in [7, 11) is 0. The van der Waals surface area contributed by atoms with Gasteiger partial charge in [-0.15, -0.1) is 0 Å². The van der Waals surface area contributed by atoms with Gasteiger partial charge in [-0.1, -0.05) is 37.5 Å². The molecule has 4 rings (SSSR count). The average molecular weight is 364 g/mol. The third kappa shape index (κ3) is 4.22. The van der Waals surface area contributed by atoms with Crippen LogP contribution in [0.2, 0.25) is 0 Å². The van der Waals surface area contributed by atoms with E-state index in [4.69, 9.17) is 10.7 Å². The predicted molar refractivity (Wildman–Crippen MR) is 109 cm³/mol. The number of piperidine rings is 1. The molecule has 1 amide bonds. The Morgan fingerprint density at radius 2 is 1.81 bits per heavy atom. The summed E-state index contributed by atoms with van der Waals surface area (Å²) < 4.78 is 0. The van der Waals surface area contributed by atoms with E-state index in [9.17, 15) is 4.79 Å². The summed E-state index contributed by atoms with van der Waals surface area (Å²) in [6, 6.07) is 14.5. The maximum absolute atomic E-state index is 11.5. The van der Waals surface area contributed by atoms with Gasteiger partial charge in [0.2, 0.25) is 5.91 Å². The first-order valence-electron chi connectivity index (χ1n) is 10.3. The highest BCUT2D eigenvalue weighted by molar-refractivity contribution is 5.93. The molecule has 1 saturated heterocycles. The fourth-order valence-corrected chi connectivity index (χ4v) is 4.70. The molecule has 2 aromatic rings. The minimum Gasteiger partial charge on any atom is -0.366 e. The van der Waals surface area contributed by atoms with E-state index in [-0.39, 0.29) is 0 Å². The molecule has 4 heteroatoms. The SMILES string of the molecule is NC(=O)c1cccc(-c2cccc(C3CCCN(C4CCCCC4)C3)n2)c1. The molecule has 1 unspecified atom stereocenters. The topological polar surface area (TPSA) is 59.2 Å². The second-order valence-electron chi connectivity index (χ2n) is 8.02. The van der Waals surface area contributed by atoms with Crippen molar-refractivity contribution in [2.45, 2.75) is 56.9 Å². The van der Waals surface area contributed by atoms with Gasteiger partial charge >= 0.3 is 0 Å². The van der Waals surface area contributed by atoms with Gasteiger partial charge in [0.05, 0.1) is 5.69 Å². The van der Waals surface area contributed by atoms with Crippen LogP contribution in [0.25, 0.3) is 11.3 Å². The van der Waals surface area contributed by atoms with Crippen LogP contribution in [0.15, 0.2) is 42.5 Å². The monoisotopic (exact) mass is 363 g/mol. The lowest BCUT2D eigenvalue weighted by Gasteiger charge is -2.40. The van der Waals surface area contributed by atoms with Crippen LogP contribution in [0, 0.1) is 0 Å². The van der Waals surface area contributed by atoms with E-state index in [1.165, 1.54) is 57.2 Å². The number of aromatic nitrogens is 1. The molecule has 1 aliphatic carbocycles. The molecule has 142 valence electrons. The molecular formula is C23H29N3O. The summed E-state index contributed by atoms with van der Waals surface area (Å²) in [4.78, 5) is 19.2. The van der Waals surface area contributed by atoms with E-state index in [0.717, 1.165) is 23.8 Å². The maximum atomic E-state index is 11.5. The Morgan fingerprint density at radius 3 is 2.63 bits per heavy atom. The molecule has 1 saturated carbocycles. The molecule has 2 heterocycles. The molecular weight excluding hydrogens is 334 g/mol. The predicted octanol–water partition coefficient (Wildman–Crippen LogP) is 4.36. The summed E-state index contributed by atoms with van der Waals surface area (Å²) in [5.74, 6) is 0.100. The normalized spacial score (nSPS) is 21.9. The number of amides is 1. The second-order valence-corrected chi connectivity index (χ2v) is 8.02. The van der Waals surface area contributed by atoms with Gasteiger partial charge in [0.15, 0.2) is 0 Å². The highest BCUT2D eigenvalue weighted by atomic mass is 16.1. The van der Waals surface area contributed by atoms with Crippen molar-refractivity contribution in [3.8, 4) is 11.3 Å². The molecule has 0 spiro atoms. The van der Waals surface area contributed by atoms with E-state index < -0.39 is 5.91 Å². The van der Waals surface area contributed by atoms with Gasteiger partial charge in [0, 0.05) is 35.3 Å². The smallest absolute Gasteiger partial charge is 0.248 e. The largest absolute Gasteiger partial charge is 0.366 e. The molecule has 1 atom stereocenters. The van der Waals surface area contributed by atoms with Crippen molar-refractivity contribution in [1.82, 2.24) is 9.88 Å². The van der Waals surface area contributed by atoms with Crippen molar-refractivity contribution in [3.05, 3.63) is 53.7 Å². The zero-order valence-electron chi connectivity index (χ0n) is 15.9. The summed E-state index contributed by atoms with van der Waals surface area (Å²) in [5.41, 5.74) is 9.01. The van der Waals surface area contributed by atoms with Crippen LogP contribution in [0.1, 0.15) is 66.9 Å². The first-order valence-corrected chi connectivity index (χ1v) is 10.3. The van der Waals surface area contributed by atoms with E-state index in [2.05, 4.69) is 17.0 Å². The molecule has 0 bridgehead atoms. The highest BCUT2D eigenvalue weighted by Crippen LogP contribution is 2.32. The fourth-order valence-electron chi connectivity index (χ4n) is 4.70. The molecule has 4 nitrogen and oxygen atoms in total. The van der Waals surface area contributed by atoms with Crippen molar-refractivity contribution in [2.24, 2.45) is 5.73 Å². The molecule has 2 aliphatic rings. The van der Waals surface area contributed by atoms with Crippen LogP contribution in [-0.2, 0) is 0 Å². The summed E-state index contributed by atoms with van der Waals surface area (Å²) >= 11 is 0. The first kappa shape index (κ1) is 18.2. The highest BCUT2D eigenvalue weighted by Gasteiger charge is 2.28. The Morgan fingerprint density at radius 1 is 1.00 bits per heavy atom. The summed E-state index contributed by atoms with van der Waals surface area (Å²) in [5, 5.41) is 0. The van der Waals surface area contributed by atoms with Crippen LogP contribution in [0.5, 0.6) is 0 Å². The molecule has 2 N–H and O–H groups in total. The van der Waals surface area contributed by atoms with E-state index in [1.54, 1.807) is 6.07 Å². The number of carbonyl (C=O) groups excluding carboxylic acids is 1. The minimum atomic E-state index is -0.400. The average Bonchev–Trinajstić information content (AvgIpc) is 2.75. The van der Waals surface area contributed by atoms with Crippen molar-refractivity contribution in [1.29, 1.82) is 0 Å². The van der Waals surface area contributed by atoms with Crippen molar-refractivity contribution in [2.75, 3.05) is 13.1 Å². The van der Waals surface area contributed by atoms with Crippen molar-refractivity contribution in [3.63, 3.8) is 0 Å². The summed E-state index contributed by atoms with van der Waals surface area (Å²) in [6.45, 7) is 2.37. The Bertz CT molecular complexity index is 798. The Labute approximate surface area is 161 Å². The summed E-state index contributed by atoms with van der Waals surface area (Å²) in [6.07, 6.45) is 9.36. The van der Waals surface area contributed by atoms with Gasteiger partial charge in [0.25, 0.3) is 0 Å². The van der Waals surface area contributed by atoms with Gasteiger partial charge in [-0.05, 0) is 56.5 Å². The number of carbonyl (C=O) groups is 1. The van der Waals surface area contributed by atoms with Crippen LogP contribution in [0.4, 0.5) is 0 Å². The van der Waals surface area contributed by atoms with Crippen LogP contribution in [0.3, 0.4) is 0 Å². The number of nitrogens with two attached hydrogens (primary N) is 1. The van der Waals surface area contributed by atoms with Crippen molar-refractivity contribution < 1.29 is 4.79 Å². The molecule has 27 heavy (non-hydrogen) atoms. The van der Waals surface area contributed by atoms with Gasteiger partial charge in [-0.2, -0.15) is 0 Å². The van der Waals surface area contributed by atoms with Gasteiger partial charge in [-0.25, -0.2) is 0 Å². The first-order chi connectivity index (χ1) is 13.2. The maximum Gasteiger partial charge on any atom is 0.248 e. The number of benzene rings is 1. The number of pyridine rings is 1. The number of hydrogen-bond donors (Lipinski definition) is 1. The quantitative estimate of drug-likeness (QED) is 0.878. The number of nitrogens with zero attached hydrogens (tertiary/aromatic N) is 2. The van der Waals surface area contributed by atoms with Crippen LogP contribution >= 0.6 is 0 Å². The standard InChI is InChI=1S/C23H29N3O/c24-23(27)18-8-4-7-17(15-18)21-12-5-13-22(25-21)19-9-6-14-26(16-19)20-10-2-1-3-11-20/h4-5,7-8,12-13,15,19-20H,1-3,6,9-11,14,16H2,(H2,24,27). The van der Waals surface area contributed by atoms with Gasteiger partial charge in [0.1, 0.15) is 0 Å². The lowest BCUT2D eigenvalue weighted by molar-refractivity contribution is 0.100. The molecule has 2 fully saturated rings. The number of rotatable bonds is 4. The molecule has 1 aromatic carbocycles. The van der Waals surface area contributed by atoms with Crippen LogP contribution in [-0.4, -0.2) is 34.9 Å². The molecule has 0 radical (unpaired) electrons. The lowest BCUT2D eigenvalue weighted by Crippen LogP contribution is -2.43. The van der Waals surface area contributed by atoms with E-state index in [0.29, 0.717) is 11.5 Å². The van der Waals surface area contributed by atoms with Crippen molar-refractivity contribution >= 4 is 5.91 Å². The fraction of sp³-hybridized carbons (Fsp3) is 0.478. The molecule has 1 aromatic heterocycles. The van der Waals surface area contributed by atoms with E-state index in [1.807, 2.05) is 24.3 Å². The van der Waals surface area contributed by atoms with Gasteiger partial charge in [-0.3, -0.25) is 14.7 Å². The number of primary amides is 1. The Kier molecular flexibility index (Phi) is 5.53. The van der Waals surface area contributed by atoms with E-state index >= 15 is 0 Å². The number of hydrogen-bond acceptors (Lipinski definition) is 3. The number of likely N-dealkylation sites (tertiary alicyclic amines) is 1. The van der Waals surface area contributed by atoms with Crippen LogP contribution < -0.4 is 5.73 Å². The third-order valence-electron chi connectivity index (χ3n) is 6.18. The third-order valence-corrected chi connectivity index (χ3v) is 6.18. The minimum absolute atomic E-state index is 0.400. The second kappa shape index (κ2) is 8.22. The zero-order valence-corrected chi connectivity index (χ0v) is 15.9. The Hall–Kier alpha value is -2.20. The molecule has 1 aliphatic heterocycles. The lowest BCUT2D eigenvalue weighted by atomic mass is 9.88.